The molecule has 7 heteroatoms. The highest BCUT2D eigenvalue weighted by Gasteiger charge is 2.46. The normalized spacial score (nSPS) is 33.0. The van der Waals surface area contributed by atoms with E-state index in [2.05, 4.69) is 5.32 Å². The van der Waals surface area contributed by atoms with E-state index < -0.39 is 21.3 Å². The van der Waals surface area contributed by atoms with Gasteiger partial charge in [0.1, 0.15) is 5.54 Å². The van der Waals surface area contributed by atoms with Crippen LogP contribution in [-0.4, -0.2) is 57.3 Å². The average molecular weight is 305 g/mol. The molecule has 2 aliphatic rings. The van der Waals surface area contributed by atoms with Gasteiger partial charge in [0, 0.05) is 13.2 Å². The van der Waals surface area contributed by atoms with Gasteiger partial charge in [-0.05, 0) is 32.6 Å². The predicted octanol–water partition coefficient (Wildman–Crippen LogP) is 0.266. The smallest absolute Gasteiger partial charge is 0.327 e. The van der Waals surface area contributed by atoms with Crippen molar-refractivity contribution in [1.29, 1.82) is 0 Å². The Morgan fingerprint density at radius 3 is 2.85 bits per heavy atom. The first kappa shape index (κ1) is 15.7. The summed E-state index contributed by atoms with van der Waals surface area (Å²) in [7, 11) is -3.20. The van der Waals surface area contributed by atoms with Gasteiger partial charge in [0.2, 0.25) is 0 Å². The number of rotatable bonds is 5. The molecular weight excluding hydrogens is 282 g/mol. The lowest BCUT2D eigenvalue weighted by molar-refractivity contribution is -0.151. The molecule has 0 amide bonds. The van der Waals surface area contributed by atoms with Crippen LogP contribution in [0.2, 0.25) is 0 Å². The van der Waals surface area contributed by atoms with Crippen LogP contribution in [0.1, 0.15) is 32.6 Å². The van der Waals surface area contributed by atoms with Gasteiger partial charge in [-0.3, -0.25) is 10.1 Å². The van der Waals surface area contributed by atoms with Gasteiger partial charge in [-0.1, -0.05) is 0 Å². The van der Waals surface area contributed by atoms with Crippen molar-refractivity contribution >= 4 is 15.8 Å². The van der Waals surface area contributed by atoms with Crippen LogP contribution in [0, 0.1) is 0 Å². The number of carbonyl (C=O) groups excluding carboxylic acids is 1. The summed E-state index contributed by atoms with van der Waals surface area (Å²) in [6.07, 6.45) is 3.00. The maximum absolute atomic E-state index is 12.2. The van der Waals surface area contributed by atoms with E-state index in [1.165, 1.54) is 0 Å². The van der Waals surface area contributed by atoms with Crippen LogP contribution in [-0.2, 0) is 24.1 Å². The van der Waals surface area contributed by atoms with Crippen LogP contribution in [0.25, 0.3) is 0 Å². The first-order valence-corrected chi connectivity index (χ1v) is 9.04. The lowest BCUT2D eigenvalue weighted by Gasteiger charge is -2.36. The van der Waals surface area contributed by atoms with E-state index in [1.807, 2.05) is 0 Å². The van der Waals surface area contributed by atoms with E-state index in [1.54, 1.807) is 6.92 Å². The monoisotopic (exact) mass is 305 g/mol. The third-order valence-electron chi connectivity index (χ3n) is 3.88. The molecule has 2 aliphatic heterocycles. The Balaban J connectivity index is 2.08. The maximum atomic E-state index is 12.2. The minimum Gasteiger partial charge on any atom is -0.465 e. The van der Waals surface area contributed by atoms with Crippen molar-refractivity contribution in [3.63, 3.8) is 0 Å². The van der Waals surface area contributed by atoms with Gasteiger partial charge in [-0.15, -0.1) is 0 Å². The second-order valence-electron chi connectivity index (χ2n) is 5.51. The number of esters is 1. The molecule has 2 rings (SSSR count). The van der Waals surface area contributed by atoms with E-state index in [0.29, 0.717) is 19.4 Å². The van der Waals surface area contributed by atoms with Gasteiger partial charge in [0.25, 0.3) is 0 Å². The van der Waals surface area contributed by atoms with Gasteiger partial charge in [0.05, 0.1) is 24.2 Å². The highest BCUT2D eigenvalue weighted by Crippen LogP contribution is 2.25. The summed E-state index contributed by atoms with van der Waals surface area (Å²) in [5.74, 6) is -0.484. The molecule has 2 saturated heterocycles. The molecule has 2 heterocycles. The molecule has 6 nitrogen and oxygen atoms in total. The zero-order chi connectivity index (χ0) is 14.6. The summed E-state index contributed by atoms with van der Waals surface area (Å²) in [6.45, 7) is 3.20. The minimum atomic E-state index is -3.20. The minimum absolute atomic E-state index is 0.0610. The number of nitrogens with one attached hydrogen (secondary N) is 1. The SMILES string of the molecule is CCOC(=O)C1(NCC2CCCO2)CCCS(=O)(=O)C1. The molecule has 2 fully saturated rings. The maximum Gasteiger partial charge on any atom is 0.327 e. The van der Waals surface area contributed by atoms with Gasteiger partial charge >= 0.3 is 5.97 Å². The molecule has 0 saturated carbocycles. The Morgan fingerprint density at radius 1 is 1.45 bits per heavy atom. The molecule has 0 aromatic carbocycles. The zero-order valence-electron chi connectivity index (χ0n) is 11.9. The quantitative estimate of drug-likeness (QED) is 0.734. The number of hydrogen-bond acceptors (Lipinski definition) is 6. The fourth-order valence-corrected chi connectivity index (χ4v) is 4.71. The molecular formula is C13H23NO5S. The Labute approximate surface area is 120 Å². The lowest BCUT2D eigenvalue weighted by atomic mass is 9.95. The van der Waals surface area contributed by atoms with E-state index in [0.717, 1.165) is 19.4 Å². The highest BCUT2D eigenvalue weighted by atomic mass is 32.2. The number of ether oxygens (including phenoxy) is 2. The topological polar surface area (TPSA) is 81.7 Å². The highest BCUT2D eigenvalue weighted by molar-refractivity contribution is 7.91. The van der Waals surface area contributed by atoms with E-state index in [4.69, 9.17) is 9.47 Å². The fraction of sp³-hybridized carbons (Fsp3) is 0.923. The van der Waals surface area contributed by atoms with Crippen LogP contribution in [0.4, 0.5) is 0 Å². The Bertz CT molecular complexity index is 444. The van der Waals surface area contributed by atoms with Crippen molar-refractivity contribution in [1.82, 2.24) is 5.32 Å². The van der Waals surface area contributed by atoms with E-state index in [9.17, 15) is 13.2 Å². The second-order valence-corrected chi connectivity index (χ2v) is 7.70. The molecule has 0 radical (unpaired) electrons. The van der Waals surface area contributed by atoms with Crippen molar-refractivity contribution in [3.8, 4) is 0 Å². The van der Waals surface area contributed by atoms with Gasteiger partial charge in [-0.25, -0.2) is 8.42 Å². The summed E-state index contributed by atoms with van der Waals surface area (Å²) < 4.78 is 34.4. The lowest BCUT2D eigenvalue weighted by Crippen LogP contribution is -2.61. The van der Waals surface area contributed by atoms with Crippen molar-refractivity contribution < 1.29 is 22.7 Å². The second kappa shape index (κ2) is 6.41. The standard InChI is InChI=1S/C13H23NO5S/c1-2-18-12(15)13(6-4-8-20(16,17)10-13)14-9-11-5-3-7-19-11/h11,14H,2-10H2,1H3. The Kier molecular flexibility index (Phi) is 5.04. The fourth-order valence-electron chi connectivity index (χ4n) is 2.87. The molecule has 0 bridgehead atoms. The molecule has 0 aromatic rings. The van der Waals surface area contributed by atoms with Crippen LogP contribution in [0.15, 0.2) is 0 Å². The average Bonchev–Trinajstić information content (AvgIpc) is 2.88. The molecule has 1 N–H and O–H groups in total. The zero-order valence-corrected chi connectivity index (χ0v) is 12.7. The van der Waals surface area contributed by atoms with Crippen molar-refractivity contribution in [2.75, 3.05) is 31.3 Å². The summed E-state index contributed by atoms with van der Waals surface area (Å²) >= 11 is 0. The molecule has 0 aliphatic carbocycles. The van der Waals surface area contributed by atoms with E-state index in [-0.39, 0.29) is 24.2 Å². The van der Waals surface area contributed by atoms with Gasteiger partial charge < -0.3 is 9.47 Å². The number of sulfone groups is 1. The van der Waals surface area contributed by atoms with Gasteiger partial charge in [0.15, 0.2) is 9.84 Å². The van der Waals surface area contributed by atoms with Crippen LogP contribution < -0.4 is 5.32 Å². The third kappa shape index (κ3) is 3.71. The van der Waals surface area contributed by atoms with E-state index >= 15 is 0 Å². The summed E-state index contributed by atoms with van der Waals surface area (Å²) in [5.41, 5.74) is -1.10. The van der Waals surface area contributed by atoms with Crippen molar-refractivity contribution in [2.24, 2.45) is 0 Å². The first-order valence-electron chi connectivity index (χ1n) is 7.22. The summed E-state index contributed by atoms with van der Waals surface area (Å²) in [6, 6.07) is 0. The summed E-state index contributed by atoms with van der Waals surface area (Å²) in [4.78, 5) is 12.2. The van der Waals surface area contributed by atoms with Crippen LogP contribution in [0.3, 0.4) is 0 Å². The number of hydrogen-bond donors (Lipinski definition) is 1. The molecule has 116 valence electrons. The van der Waals surface area contributed by atoms with Crippen molar-refractivity contribution in [2.45, 2.75) is 44.2 Å². The molecule has 20 heavy (non-hydrogen) atoms. The molecule has 2 atom stereocenters. The molecule has 2 unspecified atom stereocenters. The summed E-state index contributed by atoms with van der Waals surface area (Å²) in [5, 5.41) is 3.14. The third-order valence-corrected chi connectivity index (χ3v) is 5.73. The van der Waals surface area contributed by atoms with Crippen LogP contribution in [0.5, 0.6) is 0 Å². The Morgan fingerprint density at radius 2 is 2.25 bits per heavy atom. The Hall–Kier alpha value is -0.660. The van der Waals surface area contributed by atoms with Gasteiger partial charge in [-0.2, -0.15) is 0 Å². The van der Waals surface area contributed by atoms with Crippen molar-refractivity contribution in [3.05, 3.63) is 0 Å². The predicted molar refractivity (Wildman–Crippen MR) is 74.2 cm³/mol. The largest absolute Gasteiger partial charge is 0.465 e. The van der Waals surface area contributed by atoms with Crippen LogP contribution >= 0.6 is 0 Å². The molecule has 0 spiro atoms. The molecule has 0 aromatic heterocycles. The number of carbonyl (C=O) groups is 1. The first-order chi connectivity index (χ1) is 9.47.